The van der Waals surface area contributed by atoms with Crippen molar-refractivity contribution in [1.29, 1.82) is 0 Å². The van der Waals surface area contributed by atoms with Gasteiger partial charge in [0.05, 0.1) is 6.04 Å². The van der Waals surface area contributed by atoms with E-state index in [-0.39, 0.29) is 11.9 Å². The van der Waals surface area contributed by atoms with Crippen molar-refractivity contribution in [2.24, 2.45) is 0 Å². The average molecular weight is 242 g/mol. The van der Waals surface area contributed by atoms with Gasteiger partial charge in [-0.1, -0.05) is 6.42 Å². The zero-order chi connectivity index (χ0) is 11.4. The van der Waals surface area contributed by atoms with Crippen LogP contribution in [0.4, 0.5) is 0 Å². The van der Waals surface area contributed by atoms with Gasteiger partial charge in [0, 0.05) is 11.3 Å². The Kier molecular flexibility index (Phi) is 4.53. The molecule has 1 saturated carbocycles. The van der Waals surface area contributed by atoms with Crippen molar-refractivity contribution in [3.63, 3.8) is 0 Å². The number of thioether (sulfide) groups is 1. The summed E-state index contributed by atoms with van der Waals surface area (Å²) in [6.45, 7) is 0.996. The van der Waals surface area contributed by atoms with Gasteiger partial charge in [0.15, 0.2) is 0 Å². The van der Waals surface area contributed by atoms with Gasteiger partial charge in [0.1, 0.15) is 0 Å². The van der Waals surface area contributed by atoms with Crippen LogP contribution in [-0.4, -0.2) is 36.0 Å². The third-order valence-electron chi connectivity index (χ3n) is 3.69. The number of rotatable bonds is 3. The predicted octanol–water partition coefficient (Wildman–Crippen LogP) is 1.53. The zero-order valence-electron chi connectivity index (χ0n) is 10.00. The van der Waals surface area contributed by atoms with Gasteiger partial charge < -0.3 is 10.6 Å². The maximum Gasteiger partial charge on any atom is 0.237 e. The normalized spacial score (nSPS) is 34.9. The Balaban J connectivity index is 1.74. The van der Waals surface area contributed by atoms with Crippen LogP contribution in [0.25, 0.3) is 0 Å². The summed E-state index contributed by atoms with van der Waals surface area (Å²) in [5, 5.41) is 7.25. The fourth-order valence-corrected chi connectivity index (χ4v) is 3.46. The average Bonchev–Trinajstić information content (AvgIpc) is 2.78. The third kappa shape index (κ3) is 3.14. The molecular weight excluding hydrogens is 220 g/mol. The molecule has 2 unspecified atom stereocenters. The molecule has 0 aromatic heterocycles. The molecule has 0 spiro atoms. The van der Waals surface area contributed by atoms with Crippen molar-refractivity contribution in [2.75, 3.05) is 12.8 Å². The Morgan fingerprint density at radius 2 is 2.19 bits per heavy atom. The monoisotopic (exact) mass is 242 g/mol. The first kappa shape index (κ1) is 12.2. The second kappa shape index (κ2) is 5.92. The van der Waals surface area contributed by atoms with Gasteiger partial charge in [0.2, 0.25) is 5.91 Å². The molecule has 92 valence electrons. The van der Waals surface area contributed by atoms with Crippen molar-refractivity contribution < 1.29 is 4.79 Å². The molecule has 1 aliphatic carbocycles. The van der Waals surface area contributed by atoms with Gasteiger partial charge in [-0.15, -0.1) is 0 Å². The van der Waals surface area contributed by atoms with E-state index in [1.165, 1.54) is 19.3 Å². The highest BCUT2D eigenvalue weighted by Crippen LogP contribution is 2.28. The van der Waals surface area contributed by atoms with Gasteiger partial charge in [0.25, 0.3) is 0 Å². The second-order valence-electron chi connectivity index (χ2n) is 4.88. The highest BCUT2D eigenvalue weighted by atomic mass is 32.2. The van der Waals surface area contributed by atoms with Crippen LogP contribution < -0.4 is 10.6 Å². The summed E-state index contributed by atoms with van der Waals surface area (Å²) in [4.78, 5) is 12.0. The second-order valence-corrected chi connectivity index (χ2v) is 6.02. The van der Waals surface area contributed by atoms with Gasteiger partial charge in [-0.05, 0) is 44.9 Å². The molecule has 1 heterocycles. The van der Waals surface area contributed by atoms with Gasteiger partial charge in [-0.3, -0.25) is 4.79 Å². The first-order valence-corrected chi connectivity index (χ1v) is 7.65. The van der Waals surface area contributed by atoms with Crippen LogP contribution in [0.2, 0.25) is 0 Å². The number of amides is 1. The van der Waals surface area contributed by atoms with E-state index in [1.54, 1.807) is 0 Å². The van der Waals surface area contributed by atoms with E-state index in [1.807, 2.05) is 11.8 Å². The molecule has 3 nitrogen and oxygen atoms in total. The summed E-state index contributed by atoms with van der Waals surface area (Å²) in [6, 6.07) is 0.496. The van der Waals surface area contributed by atoms with E-state index < -0.39 is 0 Å². The Labute approximate surface area is 102 Å². The highest BCUT2D eigenvalue weighted by Gasteiger charge is 2.28. The summed E-state index contributed by atoms with van der Waals surface area (Å²) in [5.41, 5.74) is 0. The standard InChI is InChI=1S/C12H22N2OS/c1-16-10-6-5-9(8-10)14-12(15)11-4-2-3-7-13-11/h9-11,13H,2-8H2,1H3,(H,14,15)/t9?,10?,11-/m0/s1. The Morgan fingerprint density at radius 3 is 2.81 bits per heavy atom. The number of piperidine rings is 1. The highest BCUT2D eigenvalue weighted by molar-refractivity contribution is 7.99. The van der Waals surface area contributed by atoms with Gasteiger partial charge >= 0.3 is 0 Å². The van der Waals surface area contributed by atoms with Crippen molar-refractivity contribution in [3.8, 4) is 0 Å². The fourth-order valence-electron chi connectivity index (χ4n) is 2.66. The third-order valence-corrected chi connectivity index (χ3v) is 4.79. The number of hydrogen-bond donors (Lipinski definition) is 2. The Bertz CT molecular complexity index is 241. The lowest BCUT2D eigenvalue weighted by Crippen LogP contribution is -2.49. The lowest BCUT2D eigenvalue weighted by atomic mass is 10.0. The molecule has 1 aliphatic heterocycles. The smallest absolute Gasteiger partial charge is 0.237 e. The summed E-state index contributed by atoms with van der Waals surface area (Å²) in [6.07, 6.45) is 9.13. The van der Waals surface area contributed by atoms with Crippen LogP contribution in [-0.2, 0) is 4.79 Å². The number of carbonyl (C=O) groups is 1. The van der Waals surface area contributed by atoms with Gasteiger partial charge in [-0.25, -0.2) is 0 Å². The van der Waals surface area contributed by atoms with Crippen LogP contribution in [0.1, 0.15) is 38.5 Å². The maximum atomic E-state index is 12.0. The van der Waals surface area contributed by atoms with Crippen LogP contribution in [0.3, 0.4) is 0 Å². The zero-order valence-corrected chi connectivity index (χ0v) is 10.8. The van der Waals surface area contributed by atoms with E-state index in [4.69, 9.17) is 0 Å². The lowest BCUT2D eigenvalue weighted by molar-refractivity contribution is -0.124. The molecule has 2 aliphatic rings. The minimum Gasteiger partial charge on any atom is -0.352 e. The van der Waals surface area contributed by atoms with E-state index >= 15 is 0 Å². The van der Waals surface area contributed by atoms with E-state index in [0.29, 0.717) is 6.04 Å². The Hall–Kier alpha value is -0.220. The summed E-state index contributed by atoms with van der Waals surface area (Å²) < 4.78 is 0. The molecule has 4 heteroatoms. The first-order valence-electron chi connectivity index (χ1n) is 6.36. The summed E-state index contributed by atoms with van der Waals surface area (Å²) in [5.74, 6) is 0.228. The molecule has 0 radical (unpaired) electrons. The molecule has 1 saturated heterocycles. The minimum atomic E-state index is 0.0714. The molecule has 1 amide bonds. The predicted molar refractivity (Wildman–Crippen MR) is 68.7 cm³/mol. The topological polar surface area (TPSA) is 41.1 Å². The molecule has 2 rings (SSSR count). The number of nitrogens with one attached hydrogen (secondary N) is 2. The molecule has 2 fully saturated rings. The van der Waals surface area contributed by atoms with Crippen LogP contribution in [0.15, 0.2) is 0 Å². The molecule has 3 atom stereocenters. The van der Waals surface area contributed by atoms with Crippen molar-refractivity contribution in [2.45, 2.75) is 55.9 Å². The van der Waals surface area contributed by atoms with Crippen LogP contribution >= 0.6 is 11.8 Å². The summed E-state index contributed by atoms with van der Waals surface area (Å²) >= 11 is 1.93. The van der Waals surface area contributed by atoms with Crippen LogP contribution in [0.5, 0.6) is 0 Å². The van der Waals surface area contributed by atoms with Crippen molar-refractivity contribution in [1.82, 2.24) is 10.6 Å². The van der Waals surface area contributed by atoms with E-state index in [9.17, 15) is 4.79 Å². The molecule has 2 N–H and O–H groups in total. The van der Waals surface area contributed by atoms with E-state index in [0.717, 1.165) is 31.1 Å². The molecule has 0 bridgehead atoms. The first-order chi connectivity index (χ1) is 7.79. The SMILES string of the molecule is CSC1CCC(NC(=O)[C@@H]2CCCCN2)C1. The molecule has 0 aromatic carbocycles. The van der Waals surface area contributed by atoms with Crippen molar-refractivity contribution >= 4 is 17.7 Å². The fraction of sp³-hybridized carbons (Fsp3) is 0.917. The largest absolute Gasteiger partial charge is 0.352 e. The lowest BCUT2D eigenvalue weighted by Gasteiger charge is -2.24. The van der Waals surface area contributed by atoms with Crippen LogP contribution in [0, 0.1) is 0 Å². The number of hydrogen-bond acceptors (Lipinski definition) is 3. The molecule has 0 aromatic rings. The quantitative estimate of drug-likeness (QED) is 0.788. The van der Waals surface area contributed by atoms with Gasteiger partial charge in [-0.2, -0.15) is 11.8 Å². The Morgan fingerprint density at radius 1 is 1.31 bits per heavy atom. The molecular formula is C12H22N2OS. The minimum absolute atomic E-state index is 0.0714. The summed E-state index contributed by atoms with van der Waals surface area (Å²) in [7, 11) is 0. The number of carbonyl (C=O) groups excluding carboxylic acids is 1. The van der Waals surface area contributed by atoms with Crippen molar-refractivity contribution in [3.05, 3.63) is 0 Å². The molecule has 16 heavy (non-hydrogen) atoms. The van der Waals surface area contributed by atoms with E-state index in [2.05, 4.69) is 16.9 Å². The maximum absolute atomic E-state index is 12.0.